The highest BCUT2D eigenvalue weighted by Crippen LogP contribution is 2.28. The maximum absolute atomic E-state index is 12.1. The number of rotatable bonds is 8. The van der Waals surface area contributed by atoms with E-state index in [4.69, 9.17) is 11.6 Å². The maximum Gasteiger partial charge on any atom is 0.239 e. The lowest BCUT2D eigenvalue weighted by Gasteiger charge is -2.21. The molecule has 2 amide bonds. The highest BCUT2D eigenvalue weighted by Gasteiger charge is 2.29. The first-order chi connectivity index (χ1) is 11.0. The Labute approximate surface area is 142 Å². The Balaban J connectivity index is 1.91. The van der Waals surface area contributed by atoms with Gasteiger partial charge in [0.15, 0.2) is 0 Å². The summed E-state index contributed by atoms with van der Waals surface area (Å²) < 4.78 is 0. The Bertz CT molecular complexity index is 541. The minimum atomic E-state index is -0.169. The van der Waals surface area contributed by atoms with Gasteiger partial charge in [-0.3, -0.25) is 9.59 Å². The summed E-state index contributed by atoms with van der Waals surface area (Å²) in [6, 6.07) is 7.39. The maximum atomic E-state index is 12.1. The van der Waals surface area contributed by atoms with Crippen molar-refractivity contribution in [2.24, 2.45) is 5.92 Å². The van der Waals surface area contributed by atoms with Gasteiger partial charge in [0.25, 0.3) is 0 Å². The lowest BCUT2D eigenvalue weighted by molar-refractivity contribution is -0.127. The van der Waals surface area contributed by atoms with Crippen LogP contribution in [0.1, 0.15) is 30.9 Å². The fourth-order valence-corrected chi connectivity index (χ4v) is 2.43. The van der Waals surface area contributed by atoms with E-state index in [1.807, 2.05) is 38.4 Å². The lowest BCUT2D eigenvalue weighted by Crippen LogP contribution is -2.39. The van der Waals surface area contributed by atoms with Crippen molar-refractivity contribution in [3.05, 3.63) is 34.9 Å². The first kappa shape index (κ1) is 17.8. The molecular formula is C17H24ClN3O2. The molecule has 0 bridgehead atoms. The summed E-state index contributed by atoms with van der Waals surface area (Å²) in [4.78, 5) is 25.8. The third-order valence-corrected chi connectivity index (χ3v) is 4.10. The average molecular weight is 338 g/mol. The first-order valence-corrected chi connectivity index (χ1v) is 8.31. The quantitative estimate of drug-likeness (QED) is 0.762. The van der Waals surface area contributed by atoms with Crippen molar-refractivity contribution in [1.82, 2.24) is 15.5 Å². The number of hydrogen-bond acceptors (Lipinski definition) is 3. The Kier molecular flexibility index (Phi) is 6.42. The van der Waals surface area contributed by atoms with Gasteiger partial charge in [0.05, 0.1) is 12.6 Å². The van der Waals surface area contributed by atoms with Crippen LogP contribution in [0, 0.1) is 5.92 Å². The summed E-state index contributed by atoms with van der Waals surface area (Å²) in [5, 5.41) is 6.36. The van der Waals surface area contributed by atoms with Gasteiger partial charge in [-0.25, -0.2) is 0 Å². The molecule has 0 radical (unpaired) electrons. The Hall–Kier alpha value is -1.59. The summed E-state index contributed by atoms with van der Waals surface area (Å²) in [6.07, 6.45) is 2.66. The highest BCUT2D eigenvalue weighted by molar-refractivity contribution is 6.30. The number of nitrogens with zero attached hydrogens (tertiary/aromatic N) is 1. The van der Waals surface area contributed by atoms with Crippen LogP contribution in [-0.2, 0) is 9.59 Å². The van der Waals surface area contributed by atoms with Crippen molar-refractivity contribution in [2.45, 2.75) is 25.3 Å². The minimum Gasteiger partial charge on any atom is -0.348 e. The van der Waals surface area contributed by atoms with E-state index in [2.05, 4.69) is 15.5 Å². The second kappa shape index (κ2) is 8.31. The molecule has 1 unspecified atom stereocenters. The summed E-state index contributed by atoms with van der Waals surface area (Å²) in [6.45, 7) is 0.878. The van der Waals surface area contributed by atoms with Gasteiger partial charge in [0, 0.05) is 10.9 Å². The number of amides is 2. The molecule has 1 saturated carbocycles. The standard InChI is InChI=1S/C17H24ClN3O2/c1-21(2)10-9-15(12-5-7-14(18)8-6-12)20-16(22)11-19-17(23)13-3-4-13/h5-8,13,15H,3-4,9-11H2,1-2H3,(H,19,23)(H,20,22). The Morgan fingerprint density at radius 1 is 1.26 bits per heavy atom. The number of benzene rings is 1. The third kappa shape index (κ3) is 6.20. The van der Waals surface area contributed by atoms with Crippen molar-refractivity contribution >= 4 is 23.4 Å². The van der Waals surface area contributed by atoms with Gasteiger partial charge in [-0.15, -0.1) is 0 Å². The number of hydrogen-bond donors (Lipinski definition) is 2. The van der Waals surface area contributed by atoms with Crippen LogP contribution in [0.2, 0.25) is 5.02 Å². The minimum absolute atomic E-state index is 0.0171. The predicted octanol–water partition coefficient (Wildman–Crippen LogP) is 1.98. The van der Waals surface area contributed by atoms with Crippen molar-refractivity contribution in [1.29, 1.82) is 0 Å². The zero-order valence-electron chi connectivity index (χ0n) is 13.6. The average Bonchev–Trinajstić information content (AvgIpc) is 3.34. The van der Waals surface area contributed by atoms with Crippen molar-refractivity contribution < 1.29 is 9.59 Å². The van der Waals surface area contributed by atoms with Crippen LogP contribution in [0.25, 0.3) is 0 Å². The molecule has 2 rings (SSSR count). The number of carbonyl (C=O) groups excluding carboxylic acids is 2. The van der Waals surface area contributed by atoms with Crippen LogP contribution in [0.4, 0.5) is 0 Å². The fraction of sp³-hybridized carbons (Fsp3) is 0.529. The van der Waals surface area contributed by atoms with E-state index in [0.717, 1.165) is 31.4 Å². The van der Waals surface area contributed by atoms with Crippen molar-refractivity contribution in [2.75, 3.05) is 27.2 Å². The van der Waals surface area contributed by atoms with Crippen LogP contribution < -0.4 is 10.6 Å². The molecule has 0 saturated heterocycles. The van der Waals surface area contributed by atoms with Crippen LogP contribution in [0.5, 0.6) is 0 Å². The molecule has 1 atom stereocenters. The van der Waals surface area contributed by atoms with Gasteiger partial charge in [-0.2, -0.15) is 0 Å². The Morgan fingerprint density at radius 3 is 2.48 bits per heavy atom. The molecule has 0 aromatic heterocycles. The van der Waals surface area contributed by atoms with E-state index in [-0.39, 0.29) is 30.3 Å². The first-order valence-electron chi connectivity index (χ1n) is 7.93. The Morgan fingerprint density at radius 2 is 1.91 bits per heavy atom. The summed E-state index contributed by atoms with van der Waals surface area (Å²) in [5.41, 5.74) is 1.01. The molecule has 2 N–H and O–H groups in total. The van der Waals surface area contributed by atoms with Crippen molar-refractivity contribution in [3.63, 3.8) is 0 Å². The number of carbonyl (C=O) groups is 2. The zero-order chi connectivity index (χ0) is 16.8. The third-order valence-electron chi connectivity index (χ3n) is 3.84. The monoisotopic (exact) mass is 337 g/mol. The SMILES string of the molecule is CN(C)CCC(NC(=O)CNC(=O)C1CC1)c1ccc(Cl)cc1. The molecular weight excluding hydrogens is 314 g/mol. The highest BCUT2D eigenvalue weighted by atomic mass is 35.5. The van der Waals surface area contributed by atoms with E-state index >= 15 is 0 Å². The molecule has 1 aliphatic rings. The van der Waals surface area contributed by atoms with Gasteiger partial charge in [-0.1, -0.05) is 23.7 Å². The van der Waals surface area contributed by atoms with E-state index in [1.54, 1.807) is 0 Å². The van der Waals surface area contributed by atoms with Crippen molar-refractivity contribution in [3.8, 4) is 0 Å². The van der Waals surface area contributed by atoms with Gasteiger partial charge in [0.2, 0.25) is 11.8 Å². The van der Waals surface area contributed by atoms with Crippen LogP contribution in [-0.4, -0.2) is 43.9 Å². The molecule has 0 aliphatic heterocycles. The molecule has 0 heterocycles. The summed E-state index contributed by atoms with van der Waals surface area (Å²) in [7, 11) is 3.99. The van der Waals surface area contributed by atoms with E-state index in [9.17, 15) is 9.59 Å². The lowest BCUT2D eigenvalue weighted by atomic mass is 10.0. The second-order valence-corrected chi connectivity index (χ2v) is 6.69. The van der Waals surface area contributed by atoms with Gasteiger partial charge >= 0.3 is 0 Å². The normalized spacial score (nSPS) is 15.3. The molecule has 0 spiro atoms. The molecule has 1 fully saturated rings. The molecule has 1 aromatic carbocycles. The topological polar surface area (TPSA) is 61.4 Å². The molecule has 126 valence electrons. The van der Waals surface area contributed by atoms with Crippen LogP contribution in [0.15, 0.2) is 24.3 Å². The molecule has 1 aliphatic carbocycles. The number of halogens is 1. The van der Waals surface area contributed by atoms with Gasteiger partial charge in [-0.05, 0) is 57.6 Å². The van der Waals surface area contributed by atoms with E-state index in [0.29, 0.717) is 5.02 Å². The zero-order valence-corrected chi connectivity index (χ0v) is 14.4. The van der Waals surface area contributed by atoms with Gasteiger partial charge in [0.1, 0.15) is 0 Å². The largest absolute Gasteiger partial charge is 0.348 e. The molecule has 23 heavy (non-hydrogen) atoms. The van der Waals surface area contributed by atoms with Crippen LogP contribution in [0.3, 0.4) is 0 Å². The molecule has 5 nitrogen and oxygen atoms in total. The van der Waals surface area contributed by atoms with Gasteiger partial charge < -0.3 is 15.5 Å². The number of nitrogens with one attached hydrogen (secondary N) is 2. The fourth-order valence-electron chi connectivity index (χ4n) is 2.31. The predicted molar refractivity (Wildman–Crippen MR) is 91.2 cm³/mol. The van der Waals surface area contributed by atoms with E-state index < -0.39 is 0 Å². The van der Waals surface area contributed by atoms with Crippen LogP contribution >= 0.6 is 11.6 Å². The van der Waals surface area contributed by atoms with E-state index in [1.165, 1.54) is 0 Å². The molecule has 1 aromatic rings. The smallest absolute Gasteiger partial charge is 0.239 e. The summed E-state index contributed by atoms with van der Waals surface area (Å²) in [5.74, 6) is -0.0715. The molecule has 6 heteroatoms. The second-order valence-electron chi connectivity index (χ2n) is 6.26. The summed E-state index contributed by atoms with van der Waals surface area (Å²) >= 11 is 5.93.